The van der Waals surface area contributed by atoms with Gasteiger partial charge in [-0.3, -0.25) is 0 Å². The number of hydrogen-bond acceptors (Lipinski definition) is 4. The summed E-state index contributed by atoms with van der Waals surface area (Å²) in [5, 5.41) is 3.70. The molecule has 4 unspecified atom stereocenters. The van der Waals surface area contributed by atoms with Crippen LogP contribution in [0.5, 0.6) is 0 Å². The minimum Gasteiger partial charge on any atom is -0.311 e. The fourth-order valence-corrected chi connectivity index (χ4v) is 5.95. The highest BCUT2D eigenvalue weighted by Gasteiger charge is 2.37. The lowest BCUT2D eigenvalue weighted by atomic mass is 9.81. The van der Waals surface area contributed by atoms with E-state index in [9.17, 15) is 8.42 Å². The van der Waals surface area contributed by atoms with Crippen molar-refractivity contribution in [3.63, 3.8) is 0 Å². The number of fused-ring (bicyclic) bond motifs is 2. The van der Waals surface area contributed by atoms with Gasteiger partial charge in [-0.25, -0.2) is 8.42 Å². The van der Waals surface area contributed by atoms with Crippen molar-refractivity contribution in [3.8, 4) is 0 Å². The second-order valence-electron chi connectivity index (χ2n) is 7.55. The molecule has 122 valence electrons. The van der Waals surface area contributed by atoms with E-state index in [2.05, 4.69) is 17.3 Å². The molecule has 1 aliphatic carbocycles. The molecule has 4 nitrogen and oxygen atoms in total. The third-order valence-corrected chi connectivity index (χ3v) is 7.68. The highest BCUT2D eigenvalue weighted by Crippen LogP contribution is 2.33. The molecule has 3 fully saturated rings. The molecular weight excluding hydrogens is 284 g/mol. The quantitative estimate of drug-likeness (QED) is 0.865. The Morgan fingerprint density at radius 1 is 0.905 bits per heavy atom. The van der Waals surface area contributed by atoms with Gasteiger partial charge < -0.3 is 10.2 Å². The summed E-state index contributed by atoms with van der Waals surface area (Å²) in [5.74, 6) is 0. The van der Waals surface area contributed by atoms with Crippen molar-refractivity contribution >= 4 is 9.84 Å². The maximum absolute atomic E-state index is 11.8. The lowest BCUT2D eigenvalue weighted by Crippen LogP contribution is -2.56. The molecule has 3 aliphatic rings. The van der Waals surface area contributed by atoms with Crippen molar-refractivity contribution in [2.45, 2.75) is 87.2 Å². The highest BCUT2D eigenvalue weighted by molar-refractivity contribution is 7.91. The van der Waals surface area contributed by atoms with Crippen LogP contribution in [0, 0.1) is 0 Å². The molecule has 0 radical (unpaired) electrons. The first-order valence-corrected chi connectivity index (χ1v) is 10.6. The average Bonchev–Trinajstić information content (AvgIpc) is 2.39. The van der Waals surface area contributed by atoms with Crippen LogP contribution in [0.15, 0.2) is 0 Å². The summed E-state index contributed by atoms with van der Waals surface area (Å²) >= 11 is 0. The standard InChI is InChI=1S/C16H30N2O2S/c1-18-14-6-4-7-15(18)10-13(9-14)17-12-5-3-8-16(11-12)21(2,19)20/h12-17H,3-11H2,1-2H3. The smallest absolute Gasteiger partial charge is 0.150 e. The van der Waals surface area contributed by atoms with Gasteiger partial charge in [0, 0.05) is 30.4 Å². The summed E-state index contributed by atoms with van der Waals surface area (Å²) in [7, 11) is -0.589. The van der Waals surface area contributed by atoms with E-state index in [1.54, 1.807) is 0 Å². The summed E-state index contributed by atoms with van der Waals surface area (Å²) in [4.78, 5) is 2.59. The van der Waals surface area contributed by atoms with E-state index in [-0.39, 0.29) is 5.25 Å². The van der Waals surface area contributed by atoms with E-state index in [1.165, 1.54) is 38.4 Å². The predicted molar refractivity (Wildman–Crippen MR) is 86.2 cm³/mol. The maximum Gasteiger partial charge on any atom is 0.150 e. The molecule has 1 saturated carbocycles. The molecule has 2 heterocycles. The normalized spacial score (nSPS) is 41.9. The molecule has 2 bridgehead atoms. The minimum atomic E-state index is -2.87. The van der Waals surface area contributed by atoms with E-state index < -0.39 is 9.84 Å². The second-order valence-corrected chi connectivity index (χ2v) is 9.88. The van der Waals surface area contributed by atoms with Gasteiger partial charge in [-0.15, -0.1) is 0 Å². The van der Waals surface area contributed by atoms with Crippen molar-refractivity contribution in [1.82, 2.24) is 10.2 Å². The van der Waals surface area contributed by atoms with E-state index in [0.29, 0.717) is 12.1 Å². The summed E-state index contributed by atoms with van der Waals surface area (Å²) in [6.07, 6.45) is 11.8. The topological polar surface area (TPSA) is 49.4 Å². The molecule has 4 atom stereocenters. The zero-order valence-corrected chi connectivity index (χ0v) is 14.2. The highest BCUT2D eigenvalue weighted by atomic mass is 32.2. The van der Waals surface area contributed by atoms with E-state index in [1.807, 2.05) is 0 Å². The van der Waals surface area contributed by atoms with E-state index in [0.717, 1.165) is 37.8 Å². The summed E-state index contributed by atoms with van der Waals surface area (Å²) < 4.78 is 23.6. The Kier molecular flexibility index (Phi) is 4.63. The van der Waals surface area contributed by atoms with Gasteiger partial charge in [-0.05, 0) is 52.0 Å². The molecule has 0 amide bonds. The Morgan fingerprint density at radius 2 is 1.52 bits per heavy atom. The van der Waals surface area contributed by atoms with Crippen LogP contribution >= 0.6 is 0 Å². The predicted octanol–water partition coefficient (Wildman–Crippen LogP) is 1.95. The average molecular weight is 314 g/mol. The van der Waals surface area contributed by atoms with Gasteiger partial charge in [0.1, 0.15) is 9.84 Å². The second kappa shape index (κ2) is 6.17. The van der Waals surface area contributed by atoms with Gasteiger partial charge in [0.25, 0.3) is 0 Å². The summed E-state index contributed by atoms with van der Waals surface area (Å²) in [6.45, 7) is 0. The summed E-state index contributed by atoms with van der Waals surface area (Å²) in [5.41, 5.74) is 0. The number of sulfone groups is 1. The molecule has 0 aromatic rings. The van der Waals surface area contributed by atoms with Gasteiger partial charge in [-0.2, -0.15) is 0 Å². The number of piperidine rings is 2. The van der Waals surface area contributed by atoms with E-state index >= 15 is 0 Å². The van der Waals surface area contributed by atoms with Gasteiger partial charge >= 0.3 is 0 Å². The van der Waals surface area contributed by atoms with Crippen LogP contribution in [0.2, 0.25) is 0 Å². The van der Waals surface area contributed by atoms with Crippen LogP contribution in [0.3, 0.4) is 0 Å². The van der Waals surface area contributed by atoms with Gasteiger partial charge in [0.2, 0.25) is 0 Å². The van der Waals surface area contributed by atoms with Gasteiger partial charge in [0.15, 0.2) is 0 Å². The lowest BCUT2D eigenvalue weighted by molar-refractivity contribution is 0.0445. The van der Waals surface area contributed by atoms with Crippen LogP contribution in [-0.2, 0) is 9.84 Å². The fourth-order valence-electron chi connectivity index (χ4n) is 4.77. The van der Waals surface area contributed by atoms with Crippen molar-refractivity contribution in [2.24, 2.45) is 0 Å². The first-order valence-electron chi connectivity index (χ1n) is 8.60. The molecular formula is C16H30N2O2S. The Balaban J connectivity index is 1.57. The Labute approximate surface area is 129 Å². The van der Waals surface area contributed by atoms with E-state index in [4.69, 9.17) is 0 Å². The first kappa shape index (κ1) is 15.8. The zero-order valence-electron chi connectivity index (χ0n) is 13.4. The Hall–Kier alpha value is -0.130. The molecule has 0 aromatic carbocycles. The molecule has 21 heavy (non-hydrogen) atoms. The third kappa shape index (κ3) is 3.62. The van der Waals surface area contributed by atoms with Crippen LogP contribution in [0.4, 0.5) is 0 Å². The fraction of sp³-hybridized carbons (Fsp3) is 1.00. The van der Waals surface area contributed by atoms with Gasteiger partial charge in [0.05, 0.1) is 5.25 Å². The molecule has 2 aliphatic heterocycles. The zero-order chi connectivity index (χ0) is 15.0. The van der Waals surface area contributed by atoms with Crippen molar-refractivity contribution in [2.75, 3.05) is 13.3 Å². The monoisotopic (exact) mass is 314 g/mol. The van der Waals surface area contributed by atoms with Crippen molar-refractivity contribution in [3.05, 3.63) is 0 Å². The van der Waals surface area contributed by atoms with Gasteiger partial charge in [-0.1, -0.05) is 12.8 Å². The molecule has 5 heteroatoms. The first-order chi connectivity index (χ1) is 9.93. The lowest BCUT2D eigenvalue weighted by Gasteiger charge is -2.48. The minimum absolute atomic E-state index is 0.116. The Morgan fingerprint density at radius 3 is 2.14 bits per heavy atom. The molecule has 3 rings (SSSR count). The Bertz CT molecular complexity index is 451. The molecule has 1 N–H and O–H groups in total. The maximum atomic E-state index is 11.8. The van der Waals surface area contributed by atoms with Crippen LogP contribution in [0.25, 0.3) is 0 Å². The van der Waals surface area contributed by atoms with Crippen molar-refractivity contribution in [1.29, 1.82) is 0 Å². The SMILES string of the molecule is CN1C2CCCC1CC(NC1CCCC(S(C)(=O)=O)C1)C2. The van der Waals surface area contributed by atoms with Crippen LogP contribution in [-0.4, -0.2) is 56.0 Å². The van der Waals surface area contributed by atoms with Crippen molar-refractivity contribution < 1.29 is 8.42 Å². The summed E-state index contributed by atoms with van der Waals surface area (Å²) in [6, 6.07) is 2.49. The van der Waals surface area contributed by atoms with Crippen LogP contribution < -0.4 is 5.32 Å². The number of rotatable bonds is 3. The molecule has 2 saturated heterocycles. The number of hydrogen-bond donors (Lipinski definition) is 1. The number of nitrogens with zero attached hydrogens (tertiary/aromatic N) is 1. The molecule has 0 spiro atoms. The molecule has 0 aromatic heterocycles. The number of nitrogens with one attached hydrogen (secondary N) is 1. The third-order valence-electron chi connectivity index (χ3n) is 6.04. The van der Waals surface area contributed by atoms with Crippen LogP contribution in [0.1, 0.15) is 57.8 Å². The largest absolute Gasteiger partial charge is 0.311 e.